The monoisotopic (exact) mass is 312 g/mol. The molecule has 2 aliphatic heterocycles. The predicted octanol–water partition coefficient (Wildman–Crippen LogP) is 2.59. The van der Waals surface area contributed by atoms with Crippen molar-refractivity contribution in [2.75, 3.05) is 38.1 Å². The molecule has 114 valence electrons. The van der Waals surface area contributed by atoms with E-state index in [1.165, 1.54) is 16.0 Å². The summed E-state index contributed by atoms with van der Waals surface area (Å²) in [5.41, 5.74) is 3.81. The molecule has 2 aliphatic rings. The molecular weight excluding hydrogens is 292 g/mol. The van der Waals surface area contributed by atoms with Crippen LogP contribution in [-0.2, 0) is 6.42 Å². The summed E-state index contributed by atoms with van der Waals surface area (Å²) < 4.78 is 0. The Morgan fingerprint density at radius 2 is 1.82 bits per heavy atom. The first-order chi connectivity index (χ1) is 10.7. The van der Waals surface area contributed by atoms with Crippen LogP contribution in [0.4, 0.5) is 5.95 Å². The first-order valence-corrected chi connectivity index (χ1v) is 8.59. The Labute approximate surface area is 135 Å². The van der Waals surface area contributed by atoms with Gasteiger partial charge in [0.1, 0.15) is 5.03 Å². The Balaban J connectivity index is 1.67. The Morgan fingerprint density at radius 1 is 1.05 bits per heavy atom. The maximum absolute atomic E-state index is 4.88. The first kappa shape index (κ1) is 14.0. The average Bonchev–Trinajstić information content (AvgIpc) is 2.54. The highest BCUT2D eigenvalue weighted by Gasteiger charge is 2.23. The first-order valence-electron chi connectivity index (χ1n) is 7.77. The summed E-state index contributed by atoms with van der Waals surface area (Å²) in [5.74, 6) is 0.899. The summed E-state index contributed by atoms with van der Waals surface area (Å²) in [5, 5.41) is 1.14. The Bertz CT molecular complexity index is 708. The standard InChI is InChI=1S/C17H20N4S/c1-12-14-11-13-5-3-4-6-15(13)22-16(14)19-17(18-12)21-9-7-20(2)8-10-21/h3-6H,7-11H2,1-2H3. The maximum Gasteiger partial charge on any atom is 0.226 e. The normalized spacial score (nSPS) is 18.0. The lowest BCUT2D eigenvalue weighted by Crippen LogP contribution is -2.45. The summed E-state index contributed by atoms with van der Waals surface area (Å²) in [6.07, 6.45) is 0.952. The maximum atomic E-state index is 4.88. The fourth-order valence-corrected chi connectivity index (χ4v) is 4.13. The third kappa shape index (κ3) is 2.48. The van der Waals surface area contributed by atoms with Crippen molar-refractivity contribution in [3.8, 4) is 0 Å². The van der Waals surface area contributed by atoms with Crippen LogP contribution in [0.15, 0.2) is 34.2 Å². The van der Waals surface area contributed by atoms with Gasteiger partial charge >= 0.3 is 0 Å². The van der Waals surface area contributed by atoms with E-state index in [0.29, 0.717) is 0 Å². The van der Waals surface area contributed by atoms with Gasteiger partial charge in [0.05, 0.1) is 0 Å². The van der Waals surface area contributed by atoms with Crippen LogP contribution in [0.3, 0.4) is 0 Å². The van der Waals surface area contributed by atoms with Gasteiger partial charge in [0.25, 0.3) is 0 Å². The second kappa shape index (κ2) is 5.56. The zero-order valence-electron chi connectivity index (χ0n) is 13.0. The SMILES string of the molecule is Cc1nc(N2CCN(C)CC2)nc2c1Cc1ccccc1S2. The number of nitrogens with zero attached hydrogens (tertiary/aromatic N) is 4. The van der Waals surface area contributed by atoms with Crippen molar-refractivity contribution < 1.29 is 0 Å². The third-order valence-electron chi connectivity index (χ3n) is 4.50. The van der Waals surface area contributed by atoms with Crippen LogP contribution in [0.5, 0.6) is 0 Å². The number of hydrogen-bond acceptors (Lipinski definition) is 5. The summed E-state index contributed by atoms with van der Waals surface area (Å²) in [6, 6.07) is 8.61. The zero-order valence-corrected chi connectivity index (χ0v) is 13.9. The smallest absolute Gasteiger partial charge is 0.226 e. The van der Waals surface area contributed by atoms with Gasteiger partial charge in [-0.15, -0.1) is 0 Å². The molecule has 1 aromatic carbocycles. The molecule has 0 unspecified atom stereocenters. The molecule has 5 heteroatoms. The van der Waals surface area contributed by atoms with E-state index < -0.39 is 0 Å². The van der Waals surface area contributed by atoms with E-state index in [0.717, 1.165) is 49.3 Å². The Kier molecular flexibility index (Phi) is 3.54. The molecule has 3 heterocycles. The molecule has 1 aromatic heterocycles. The predicted molar refractivity (Wildman–Crippen MR) is 89.9 cm³/mol. The molecular formula is C17H20N4S. The summed E-state index contributed by atoms with van der Waals surface area (Å²) in [4.78, 5) is 15.7. The lowest BCUT2D eigenvalue weighted by Gasteiger charge is -2.33. The molecule has 1 fully saturated rings. The Hall–Kier alpha value is -1.59. The number of aromatic nitrogens is 2. The largest absolute Gasteiger partial charge is 0.338 e. The van der Waals surface area contributed by atoms with Crippen LogP contribution in [0.1, 0.15) is 16.8 Å². The number of benzene rings is 1. The molecule has 0 N–H and O–H groups in total. The van der Waals surface area contributed by atoms with Crippen LogP contribution in [0.25, 0.3) is 0 Å². The van der Waals surface area contributed by atoms with Crippen molar-refractivity contribution in [2.45, 2.75) is 23.3 Å². The van der Waals surface area contributed by atoms with Gasteiger partial charge < -0.3 is 9.80 Å². The molecule has 1 saturated heterocycles. The number of fused-ring (bicyclic) bond motifs is 2. The second-order valence-electron chi connectivity index (χ2n) is 6.07. The van der Waals surface area contributed by atoms with Crippen LogP contribution >= 0.6 is 11.8 Å². The summed E-state index contributed by atoms with van der Waals surface area (Å²) >= 11 is 1.79. The number of aryl methyl sites for hydroxylation is 1. The summed E-state index contributed by atoms with van der Waals surface area (Å²) in [6.45, 7) is 6.30. The molecule has 0 atom stereocenters. The third-order valence-corrected chi connectivity index (χ3v) is 5.65. The van der Waals surface area contributed by atoms with Crippen molar-refractivity contribution in [3.05, 3.63) is 41.1 Å². The number of rotatable bonds is 1. The fourth-order valence-electron chi connectivity index (χ4n) is 3.04. The van der Waals surface area contributed by atoms with Gasteiger partial charge in [-0.05, 0) is 25.6 Å². The number of piperazine rings is 1. The van der Waals surface area contributed by atoms with E-state index in [1.54, 1.807) is 11.8 Å². The molecule has 0 amide bonds. The molecule has 0 bridgehead atoms. The zero-order chi connectivity index (χ0) is 15.1. The number of likely N-dealkylation sites (N-methyl/N-ethyl adjacent to an activating group) is 1. The van der Waals surface area contributed by atoms with Gasteiger partial charge in [0.2, 0.25) is 5.95 Å². The molecule has 0 aliphatic carbocycles. The van der Waals surface area contributed by atoms with E-state index >= 15 is 0 Å². The van der Waals surface area contributed by atoms with Crippen LogP contribution < -0.4 is 4.90 Å². The highest BCUT2D eigenvalue weighted by atomic mass is 32.2. The molecule has 0 saturated carbocycles. The second-order valence-corrected chi connectivity index (χ2v) is 7.10. The molecule has 2 aromatic rings. The van der Waals surface area contributed by atoms with Gasteiger partial charge in [-0.25, -0.2) is 9.97 Å². The van der Waals surface area contributed by atoms with Gasteiger partial charge in [-0.2, -0.15) is 0 Å². The topological polar surface area (TPSA) is 32.3 Å². The van der Waals surface area contributed by atoms with Crippen molar-refractivity contribution >= 4 is 17.7 Å². The molecule has 0 radical (unpaired) electrons. The van der Waals surface area contributed by atoms with Gasteiger partial charge in [-0.3, -0.25) is 0 Å². The highest BCUT2D eigenvalue weighted by molar-refractivity contribution is 7.99. The van der Waals surface area contributed by atoms with E-state index in [2.05, 4.69) is 48.0 Å². The fraction of sp³-hybridized carbons (Fsp3) is 0.412. The van der Waals surface area contributed by atoms with Crippen LogP contribution in [0.2, 0.25) is 0 Å². The average molecular weight is 312 g/mol. The van der Waals surface area contributed by atoms with E-state index in [1.807, 2.05) is 0 Å². The quantitative estimate of drug-likeness (QED) is 0.645. The van der Waals surface area contributed by atoms with Gasteiger partial charge in [0, 0.05) is 48.8 Å². The minimum atomic E-state index is 0.899. The molecule has 22 heavy (non-hydrogen) atoms. The van der Waals surface area contributed by atoms with E-state index in [4.69, 9.17) is 9.97 Å². The van der Waals surface area contributed by atoms with E-state index in [-0.39, 0.29) is 0 Å². The van der Waals surface area contributed by atoms with Gasteiger partial charge in [0.15, 0.2) is 0 Å². The molecule has 4 nitrogen and oxygen atoms in total. The Morgan fingerprint density at radius 3 is 2.64 bits per heavy atom. The van der Waals surface area contributed by atoms with Crippen molar-refractivity contribution in [1.82, 2.24) is 14.9 Å². The number of hydrogen-bond donors (Lipinski definition) is 0. The van der Waals surface area contributed by atoms with Crippen molar-refractivity contribution in [1.29, 1.82) is 0 Å². The van der Waals surface area contributed by atoms with E-state index in [9.17, 15) is 0 Å². The lowest BCUT2D eigenvalue weighted by atomic mass is 10.0. The highest BCUT2D eigenvalue weighted by Crippen LogP contribution is 2.39. The van der Waals surface area contributed by atoms with Crippen LogP contribution in [0, 0.1) is 6.92 Å². The minimum Gasteiger partial charge on any atom is -0.338 e. The molecule has 0 spiro atoms. The van der Waals surface area contributed by atoms with Crippen molar-refractivity contribution in [3.63, 3.8) is 0 Å². The molecule has 4 rings (SSSR count). The summed E-state index contributed by atoms with van der Waals surface area (Å²) in [7, 11) is 2.17. The number of anilines is 1. The van der Waals surface area contributed by atoms with Gasteiger partial charge in [-0.1, -0.05) is 30.0 Å². The minimum absolute atomic E-state index is 0.899. The van der Waals surface area contributed by atoms with Crippen molar-refractivity contribution in [2.24, 2.45) is 0 Å². The lowest BCUT2D eigenvalue weighted by molar-refractivity contribution is 0.311. The van der Waals surface area contributed by atoms with Crippen LogP contribution in [-0.4, -0.2) is 48.1 Å².